The third-order valence-corrected chi connectivity index (χ3v) is 3.54. The summed E-state index contributed by atoms with van der Waals surface area (Å²) in [7, 11) is 0. The molecule has 0 radical (unpaired) electrons. The Kier molecular flexibility index (Phi) is 6.82. The summed E-state index contributed by atoms with van der Waals surface area (Å²) < 4.78 is 5.35. The van der Waals surface area contributed by atoms with Gasteiger partial charge < -0.3 is 15.4 Å². The van der Waals surface area contributed by atoms with Gasteiger partial charge in [-0.05, 0) is 30.4 Å². The van der Waals surface area contributed by atoms with Crippen LogP contribution in [0, 0.1) is 11.8 Å². The monoisotopic (exact) mass is 298 g/mol. The van der Waals surface area contributed by atoms with Gasteiger partial charge in [-0.2, -0.15) is 0 Å². The van der Waals surface area contributed by atoms with Gasteiger partial charge in [0.15, 0.2) is 0 Å². The molecule has 0 aliphatic carbocycles. The van der Waals surface area contributed by atoms with E-state index in [1.54, 1.807) is 4.90 Å². The number of rotatable bonds is 3. The van der Waals surface area contributed by atoms with Gasteiger partial charge in [-0.1, -0.05) is 37.3 Å². The fourth-order valence-corrected chi connectivity index (χ4v) is 2.61. The van der Waals surface area contributed by atoms with Gasteiger partial charge in [-0.25, -0.2) is 4.79 Å². The van der Waals surface area contributed by atoms with Crippen LogP contribution in [0.15, 0.2) is 30.3 Å². The number of piperidine rings is 1. The number of hydrogen-bond donors (Lipinski definition) is 1. The van der Waals surface area contributed by atoms with Crippen LogP contribution in [0.1, 0.15) is 18.9 Å². The predicted octanol–water partition coefficient (Wildman–Crippen LogP) is 2.66. The van der Waals surface area contributed by atoms with E-state index in [-0.39, 0.29) is 18.5 Å². The average molecular weight is 299 g/mol. The fourth-order valence-electron chi connectivity index (χ4n) is 2.61. The lowest BCUT2D eigenvalue weighted by Gasteiger charge is -2.35. The number of carbonyl (C=O) groups excluding carboxylic acids is 1. The van der Waals surface area contributed by atoms with E-state index >= 15 is 0 Å². The molecule has 1 saturated heterocycles. The molecule has 2 N–H and O–H groups in total. The zero-order chi connectivity index (χ0) is 13.7. The number of nitrogens with zero attached hydrogens (tertiary/aromatic N) is 1. The van der Waals surface area contributed by atoms with Crippen LogP contribution >= 0.6 is 12.4 Å². The van der Waals surface area contributed by atoms with Crippen LogP contribution in [-0.2, 0) is 11.3 Å². The van der Waals surface area contributed by atoms with Gasteiger partial charge in [0.05, 0.1) is 0 Å². The normalized spacial score (nSPS) is 22.0. The Labute approximate surface area is 126 Å². The van der Waals surface area contributed by atoms with Crippen LogP contribution in [0.5, 0.6) is 0 Å². The smallest absolute Gasteiger partial charge is 0.410 e. The highest BCUT2D eigenvalue weighted by Gasteiger charge is 2.27. The molecule has 20 heavy (non-hydrogen) atoms. The van der Waals surface area contributed by atoms with Crippen molar-refractivity contribution in [3.8, 4) is 0 Å². The van der Waals surface area contributed by atoms with E-state index in [0.29, 0.717) is 31.5 Å². The summed E-state index contributed by atoms with van der Waals surface area (Å²) in [6.07, 6.45) is 0.868. The molecule has 5 heteroatoms. The topological polar surface area (TPSA) is 55.6 Å². The van der Waals surface area contributed by atoms with Crippen LogP contribution in [0.25, 0.3) is 0 Å². The molecule has 0 saturated carbocycles. The Balaban J connectivity index is 0.00000200. The molecule has 1 aliphatic heterocycles. The first-order chi connectivity index (χ1) is 9.19. The molecule has 1 aromatic rings. The number of amides is 1. The van der Waals surface area contributed by atoms with Crippen molar-refractivity contribution in [3.05, 3.63) is 35.9 Å². The zero-order valence-corrected chi connectivity index (χ0v) is 12.6. The molecule has 0 bridgehead atoms. The van der Waals surface area contributed by atoms with Crippen molar-refractivity contribution >= 4 is 18.5 Å². The largest absolute Gasteiger partial charge is 0.445 e. The lowest BCUT2D eigenvalue weighted by Crippen LogP contribution is -2.45. The summed E-state index contributed by atoms with van der Waals surface area (Å²) in [6, 6.07) is 9.74. The molecule has 2 unspecified atom stereocenters. The molecule has 112 valence electrons. The molecule has 0 aromatic heterocycles. The van der Waals surface area contributed by atoms with Crippen molar-refractivity contribution in [1.82, 2.24) is 4.90 Å². The summed E-state index contributed by atoms with van der Waals surface area (Å²) in [6.45, 7) is 4.60. The summed E-state index contributed by atoms with van der Waals surface area (Å²) in [5.74, 6) is 0.889. The van der Waals surface area contributed by atoms with E-state index < -0.39 is 0 Å². The second-order valence-electron chi connectivity index (χ2n) is 5.39. The maximum atomic E-state index is 12.0. The highest BCUT2D eigenvalue weighted by atomic mass is 35.5. The van der Waals surface area contributed by atoms with Crippen LogP contribution < -0.4 is 5.73 Å². The van der Waals surface area contributed by atoms with Gasteiger partial charge >= 0.3 is 6.09 Å². The van der Waals surface area contributed by atoms with Crippen molar-refractivity contribution in [2.75, 3.05) is 19.6 Å². The van der Waals surface area contributed by atoms with Gasteiger partial charge in [-0.15, -0.1) is 12.4 Å². The van der Waals surface area contributed by atoms with Crippen molar-refractivity contribution < 1.29 is 9.53 Å². The first-order valence-corrected chi connectivity index (χ1v) is 6.84. The zero-order valence-electron chi connectivity index (χ0n) is 11.8. The highest BCUT2D eigenvalue weighted by molar-refractivity contribution is 5.85. The third-order valence-electron chi connectivity index (χ3n) is 3.54. The minimum atomic E-state index is -0.228. The Hall–Kier alpha value is -1.26. The van der Waals surface area contributed by atoms with Gasteiger partial charge in [-0.3, -0.25) is 0 Å². The van der Waals surface area contributed by atoms with Gasteiger partial charge in [0.2, 0.25) is 0 Å². The van der Waals surface area contributed by atoms with E-state index in [1.165, 1.54) is 0 Å². The lowest BCUT2D eigenvalue weighted by atomic mass is 9.91. The van der Waals surface area contributed by atoms with Crippen molar-refractivity contribution in [1.29, 1.82) is 0 Å². The molecular formula is C15H23ClN2O2. The summed E-state index contributed by atoms with van der Waals surface area (Å²) >= 11 is 0. The number of nitrogens with two attached hydrogens (primary N) is 1. The number of carbonyl (C=O) groups is 1. The van der Waals surface area contributed by atoms with Gasteiger partial charge in [0.1, 0.15) is 6.61 Å². The first-order valence-electron chi connectivity index (χ1n) is 6.84. The number of ether oxygens (including phenoxy) is 1. The van der Waals surface area contributed by atoms with Gasteiger partial charge in [0.25, 0.3) is 0 Å². The fraction of sp³-hybridized carbons (Fsp3) is 0.533. The SMILES string of the molecule is CC1CC(CN)CN(C(=O)OCc2ccccc2)C1.Cl. The molecule has 4 nitrogen and oxygen atoms in total. The van der Waals surface area contributed by atoms with E-state index in [9.17, 15) is 4.79 Å². The Morgan fingerprint density at radius 1 is 1.35 bits per heavy atom. The Morgan fingerprint density at radius 2 is 2.05 bits per heavy atom. The molecule has 1 fully saturated rings. The molecule has 1 aliphatic rings. The van der Waals surface area contributed by atoms with Crippen LogP contribution in [0.2, 0.25) is 0 Å². The molecule has 0 spiro atoms. The van der Waals surface area contributed by atoms with Crippen LogP contribution in [0.3, 0.4) is 0 Å². The van der Waals surface area contributed by atoms with Gasteiger partial charge in [0, 0.05) is 13.1 Å². The number of hydrogen-bond acceptors (Lipinski definition) is 3. The summed E-state index contributed by atoms with van der Waals surface area (Å²) in [5, 5.41) is 0. The van der Waals surface area contributed by atoms with Crippen molar-refractivity contribution in [3.63, 3.8) is 0 Å². The molecular weight excluding hydrogens is 276 g/mol. The predicted molar refractivity (Wildman–Crippen MR) is 81.8 cm³/mol. The minimum absolute atomic E-state index is 0. The highest BCUT2D eigenvalue weighted by Crippen LogP contribution is 2.21. The number of likely N-dealkylation sites (tertiary alicyclic amines) is 1. The first kappa shape index (κ1) is 16.8. The maximum Gasteiger partial charge on any atom is 0.410 e. The number of halogens is 1. The van der Waals surface area contributed by atoms with Crippen molar-refractivity contribution in [2.24, 2.45) is 17.6 Å². The molecule has 1 aromatic carbocycles. The van der Waals surface area contributed by atoms with Crippen LogP contribution in [-0.4, -0.2) is 30.6 Å². The quantitative estimate of drug-likeness (QED) is 0.933. The molecule has 2 rings (SSSR count). The maximum absolute atomic E-state index is 12.0. The Morgan fingerprint density at radius 3 is 2.70 bits per heavy atom. The second kappa shape index (κ2) is 8.12. The molecule has 2 atom stereocenters. The van der Waals surface area contributed by atoms with E-state index in [2.05, 4.69) is 6.92 Å². The standard InChI is InChI=1S/C15H22N2O2.ClH/c1-12-7-14(8-16)10-17(9-12)15(18)19-11-13-5-3-2-4-6-13;/h2-6,12,14H,7-11,16H2,1H3;1H. The summed E-state index contributed by atoms with van der Waals surface area (Å²) in [4.78, 5) is 13.8. The molecule has 1 heterocycles. The van der Waals surface area contributed by atoms with E-state index in [0.717, 1.165) is 18.5 Å². The minimum Gasteiger partial charge on any atom is -0.445 e. The Bertz CT molecular complexity index is 414. The third kappa shape index (κ3) is 4.69. The second-order valence-corrected chi connectivity index (χ2v) is 5.39. The van der Waals surface area contributed by atoms with E-state index in [4.69, 9.17) is 10.5 Å². The average Bonchev–Trinajstić information content (AvgIpc) is 2.45. The summed E-state index contributed by atoms with van der Waals surface area (Å²) in [5.41, 5.74) is 6.72. The van der Waals surface area contributed by atoms with E-state index in [1.807, 2.05) is 30.3 Å². The number of benzene rings is 1. The molecule has 1 amide bonds. The van der Waals surface area contributed by atoms with Crippen LogP contribution in [0.4, 0.5) is 4.79 Å². The van der Waals surface area contributed by atoms with Crippen molar-refractivity contribution in [2.45, 2.75) is 20.0 Å². The lowest BCUT2D eigenvalue weighted by molar-refractivity contribution is 0.0683.